The molecule has 0 aromatic rings. The maximum Gasteiger partial charge on any atom is 0.224 e. The van der Waals surface area contributed by atoms with E-state index in [1.807, 2.05) is 0 Å². The highest BCUT2D eigenvalue weighted by atomic mass is 16.1. The van der Waals surface area contributed by atoms with E-state index in [1.165, 1.54) is 25.7 Å². The van der Waals surface area contributed by atoms with Crippen molar-refractivity contribution in [1.82, 2.24) is 5.32 Å². The summed E-state index contributed by atoms with van der Waals surface area (Å²) >= 11 is 0. The highest BCUT2D eigenvalue weighted by molar-refractivity contribution is 5.78. The molecule has 3 unspecified atom stereocenters. The smallest absolute Gasteiger partial charge is 0.224 e. The maximum absolute atomic E-state index is 11.9. The Hall–Kier alpha value is -0.570. The molecule has 0 aliphatic heterocycles. The summed E-state index contributed by atoms with van der Waals surface area (Å²) in [5, 5.41) is 3.10. The predicted molar refractivity (Wildman–Crippen MR) is 71.6 cm³/mol. The van der Waals surface area contributed by atoms with Gasteiger partial charge in [0.05, 0.1) is 5.92 Å². The van der Waals surface area contributed by atoms with Gasteiger partial charge in [-0.2, -0.15) is 0 Å². The van der Waals surface area contributed by atoms with Crippen LogP contribution in [0, 0.1) is 17.8 Å². The van der Waals surface area contributed by atoms with Crippen molar-refractivity contribution in [1.29, 1.82) is 0 Å². The van der Waals surface area contributed by atoms with Gasteiger partial charge in [-0.15, -0.1) is 0 Å². The van der Waals surface area contributed by atoms with Gasteiger partial charge >= 0.3 is 0 Å². The summed E-state index contributed by atoms with van der Waals surface area (Å²) in [6, 6.07) is 0. The molecule has 0 spiro atoms. The number of amides is 1. The minimum atomic E-state index is 0.0129. The standard InChI is InChI=1S/C14H28N2O/c1-3-6-12(9-15)14(17)16-10-13-8-5-4-7-11(13)2/h11-13H,3-10,15H2,1-2H3,(H,16,17). The van der Waals surface area contributed by atoms with Crippen molar-refractivity contribution in [3.05, 3.63) is 0 Å². The van der Waals surface area contributed by atoms with E-state index in [2.05, 4.69) is 19.2 Å². The monoisotopic (exact) mass is 240 g/mol. The van der Waals surface area contributed by atoms with Gasteiger partial charge in [-0.1, -0.05) is 39.5 Å². The fourth-order valence-electron chi connectivity index (χ4n) is 2.78. The predicted octanol–water partition coefficient (Wildman–Crippen LogP) is 2.30. The average molecular weight is 240 g/mol. The maximum atomic E-state index is 11.9. The third kappa shape index (κ3) is 4.66. The molecule has 3 atom stereocenters. The Labute approximate surface area is 106 Å². The van der Waals surface area contributed by atoms with E-state index in [4.69, 9.17) is 5.73 Å². The van der Waals surface area contributed by atoms with Crippen molar-refractivity contribution in [3.63, 3.8) is 0 Å². The zero-order valence-corrected chi connectivity index (χ0v) is 11.4. The van der Waals surface area contributed by atoms with E-state index in [-0.39, 0.29) is 11.8 Å². The molecule has 0 heterocycles. The molecule has 0 aromatic heterocycles. The lowest BCUT2D eigenvalue weighted by atomic mass is 9.80. The topological polar surface area (TPSA) is 55.1 Å². The number of carbonyl (C=O) groups is 1. The number of rotatable bonds is 6. The number of hydrogen-bond donors (Lipinski definition) is 2. The normalized spacial score (nSPS) is 26.5. The third-order valence-electron chi connectivity index (χ3n) is 4.12. The Balaban J connectivity index is 2.30. The van der Waals surface area contributed by atoms with E-state index < -0.39 is 0 Å². The first-order valence-electron chi connectivity index (χ1n) is 7.16. The van der Waals surface area contributed by atoms with Gasteiger partial charge in [-0.05, 0) is 24.7 Å². The van der Waals surface area contributed by atoms with E-state index in [0.717, 1.165) is 25.3 Å². The van der Waals surface area contributed by atoms with Crippen LogP contribution in [0.3, 0.4) is 0 Å². The lowest BCUT2D eigenvalue weighted by Gasteiger charge is -2.29. The van der Waals surface area contributed by atoms with Crippen LogP contribution in [0.15, 0.2) is 0 Å². The highest BCUT2D eigenvalue weighted by Crippen LogP contribution is 2.28. The minimum Gasteiger partial charge on any atom is -0.356 e. The quantitative estimate of drug-likeness (QED) is 0.748. The number of nitrogens with two attached hydrogens (primary N) is 1. The van der Waals surface area contributed by atoms with Crippen LogP contribution in [-0.4, -0.2) is 19.0 Å². The molecule has 1 rings (SSSR count). The second-order valence-corrected chi connectivity index (χ2v) is 5.49. The van der Waals surface area contributed by atoms with Gasteiger partial charge in [0, 0.05) is 13.1 Å². The van der Waals surface area contributed by atoms with Crippen LogP contribution < -0.4 is 11.1 Å². The summed E-state index contributed by atoms with van der Waals surface area (Å²) < 4.78 is 0. The van der Waals surface area contributed by atoms with Crippen molar-refractivity contribution in [2.24, 2.45) is 23.5 Å². The van der Waals surface area contributed by atoms with Crippen LogP contribution in [0.2, 0.25) is 0 Å². The largest absolute Gasteiger partial charge is 0.356 e. The molecule has 0 aromatic carbocycles. The van der Waals surface area contributed by atoms with Crippen LogP contribution >= 0.6 is 0 Å². The molecule has 3 nitrogen and oxygen atoms in total. The molecule has 0 radical (unpaired) electrons. The number of carbonyl (C=O) groups excluding carboxylic acids is 1. The van der Waals surface area contributed by atoms with E-state index in [0.29, 0.717) is 12.5 Å². The summed E-state index contributed by atoms with van der Waals surface area (Å²) in [6.07, 6.45) is 7.18. The highest BCUT2D eigenvalue weighted by Gasteiger charge is 2.23. The van der Waals surface area contributed by atoms with Crippen molar-refractivity contribution in [2.45, 2.75) is 52.4 Å². The van der Waals surface area contributed by atoms with Gasteiger partial charge in [0.25, 0.3) is 0 Å². The summed E-state index contributed by atoms with van der Waals surface area (Å²) in [5.74, 6) is 1.60. The summed E-state index contributed by atoms with van der Waals surface area (Å²) in [5.41, 5.74) is 5.63. The fraction of sp³-hybridized carbons (Fsp3) is 0.929. The molecule has 0 saturated heterocycles. The van der Waals surface area contributed by atoms with Gasteiger partial charge in [0.1, 0.15) is 0 Å². The molecule has 1 fully saturated rings. The summed E-state index contributed by atoms with van der Waals surface area (Å²) in [6.45, 7) is 5.72. The Morgan fingerprint density at radius 3 is 2.71 bits per heavy atom. The minimum absolute atomic E-state index is 0.0129. The molecule has 1 aliphatic rings. The van der Waals surface area contributed by atoms with Crippen molar-refractivity contribution >= 4 is 5.91 Å². The molecule has 1 saturated carbocycles. The molecule has 100 valence electrons. The first-order valence-corrected chi connectivity index (χ1v) is 7.16. The molecule has 17 heavy (non-hydrogen) atoms. The molecular weight excluding hydrogens is 212 g/mol. The Bertz CT molecular complexity index is 230. The molecule has 1 aliphatic carbocycles. The molecule has 3 N–H and O–H groups in total. The van der Waals surface area contributed by atoms with Gasteiger partial charge in [-0.3, -0.25) is 4.79 Å². The Morgan fingerprint density at radius 1 is 1.41 bits per heavy atom. The average Bonchev–Trinajstić information content (AvgIpc) is 2.34. The zero-order valence-electron chi connectivity index (χ0n) is 11.4. The SMILES string of the molecule is CCCC(CN)C(=O)NCC1CCCCC1C. The second kappa shape index (κ2) is 7.70. The van der Waals surface area contributed by atoms with Crippen LogP contribution in [-0.2, 0) is 4.79 Å². The first-order chi connectivity index (χ1) is 8.19. The summed E-state index contributed by atoms with van der Waals surface area (Å²) in [7, 11) is 0. The lowest BCUT2D eigenvalue weighted by molar-refractivity contribution is -0.125. The first kappa shape index (κ1) is 14.5. The van der Waals surface area contributed by atoms with Gasteiger partial charge < -0.3 is 11.1 Å². The summed E-state index contributed by atoms with van der Waals surface area (Å²) in [4.78, 5) is 11.9. The molecule has 0 bridgehead atoms. The van der Waals surface area contributed by atoms with E-state index in [1.54, 1.807) is 0 Å². The Morgan fingerprint density at radius 2 is 2.12 bits per heavy atom. The van der Waals surface area contributed by atoms with Crippen LogP contribution in [0.1, 0.15) is 52.4 Å². The van der Waals surface area contributed by atoms with Crippen LogP contribution in [0.25, 0.3) is 0 Å². The number of nitrogens with one attached hydrogen (secondary N) is 1. The second-order valence-electron chi connectivity index (χ2n) is 5.49. The fourth-order valence-corrected chi connectivity index (χ4v) is 2.78. The van der Waals surface area contributed by atoms with Gasteiger partial charge in [-0.25, -0.2) is 0 Å². The third-order valence-corrected chi connectivity index (χ3v) is 4.12. The van der Waals surface area contributed by atoms with Crippen molar-refractivity contribution in [2.75, 3.05) is 13.1 Å². The zero-order chi connectivity index (χ0) is 12.7. The van der Waals surface area contributed by atoms with Crippen LogP contribution in [0.5, 0.6) is 0 Å². The lowest BCUT2D eigenvalue weighted by Crippen LogP contribution is -2.39. The Kier molecular flexibility index (Phi) is 6.56. The molecular formula is C14H28N2O. The number of hydrogen-bond acceptors (Lipinski definition) is 2. The van der Waals surface area contributed by atoms with Crippen molar-refractivity contribution in [3.8, 4) is 0 Å². The van der Waals surface area contributed by atoms with Gasteiger partial charge in [0.15, 0.2) is 0 Å². The molecule has 1 amide bonds. The van der Waals surface area contributed by atoms with E-state index >= 15 is 0 Å². The van der Waals surface area contributed by atoms with E-state index in [9.17, 15) is 4.79 Å². The van der Waals surface area contributed by atoms with Crippen LogP contribution in [0.4, 0.5) is 0 Å². The molecule has 3 heteroatoms. The van der Waals surface area contributed by atoms with Crippen molar-refractivity contribution < 1.29 is 4.79 Å². The van der Waals surface area contributed by atoms with Gasteiger partial charge in [0.2, 0.25) is 5.91 Å².